The fourth-order valence-corrected chi connectivity index (χ4v) is 3.15. The van der Waals surface area contributed by atoms with Crippen molar-refractivity contribution >= 4 is 50.6 Å². The minimum atomic E-state index is -0.368. The highest BCUT2D eigenvalue weighted by Gasteiger charge is 2.10. The number of benzene rings is 1. The fourth-order valence-electron chi connectivity index (χ4n) is 2.06. The Morgan fingerprint density at radius 1 is 1.27 bits per heavy atom. The Morgan fingerprint density at radius 3 is 2.68 bits per heavy atom. The summed E-state index contributed by atoms with van der Waals surface area (Å²) in [6.07, 6.45) is 0. The number of esters is 1. The van der Waals surface area contributed by atoms with E-state index in [1.807, 2.05) is 13.0 Å². The molecule has 5 nitrogen and oxygen atoms in total. The third-order valence-electron chi connectivity index (χ3n) is 3.06. The minimum absolute atomic E-state index is 0.197. The van der Waals surface area contributed by atoms with Gasteiger partial charge in [-0.3, -0.25) is 0 Å². The maximum atomic E-state index is 11.4. The minimum Gasteiger partial charge on any atom is -0.465 e. The normalized spacial score (nSPS) is 10.7. The summed E-state index contributed by atoms with van der Waals surface area (Å²) in [5.74, 6) is 0.276. The van der Waals surface area contributed by atoms with Crippen molar-refractivity contribution in [3.63, 3.8) is 0 Å². The lowest BCUT2D eigenvalue weighted by atomic mass is 10.2. The van der Waals surface area contributed by atoms with Crippen LogP contribution >= 0.6 is 22.9 Å². The third-order valence-corrected chi connectivity index (χ3v) is 4.17. The highest BCUT2D eigenvalue weighted by atomic mass is 35.5. The van der Waals surface area contributed by atoms with E-state index in [0.717, 1.165) is 20.8 Å². The van der Waals surface area contributed by atoms with Gasteiger partial charge in [-0.05, 0) is 48.9 Å². The Labute approximate surface area is 135 Å². The van der Waals surface area contributed by atoms with Crippen molar-refractivity contribution in [3.05, 3.63) is 46.1 Å². The number of halogens is 1. The van der Waals surface area contributed by atoms with Crippen molar-refractivity contribution in [1.29, 1.82) is 0 Å². The summed E-state index contributed by atoms with van der Waals surface area (Å²) in [7, 11) is 1.35. The summed E-state index contributed by atoms with van der Waals surface area (Å²) in [4.78, 5) is 21.9. The number of rotatable bonds is 3. The summed E-state index contributed by atoms with van der Waals surface area (Å²) >= 11 is 7.53. The number of fused-ring (bicyclic) bond motifs is 1. The molecule has 0 aliphatic heterocycles. The zero-order valence-corrected chi connectivity index (χ0v) is 13.5. The number of methoxy groups -OCH3 is 1. The average Bonchev–Trinajstić information content (AvgIpc) is 2.87. The summed E-state index contributed by atoms with van der Waals surface area (Å²) in [6.45, 7) is 2.01. The molecule has 3 aromatic rings. The number of carbonyl (C=O) groups excluding carboxylic acids is 1. The molecule has 1 aromatic carbocycles. The smallest absolute Gasteiger partial charge is 0.337 e. The third kappa shape index (κ3) is 2.88. The van der Waals surface area contributed by atoms with Gasteiger partial charge in [0, 0.05) is 10.6 Å². The number of nitrogens with one attached hydrogen (secondary N) is 1. The monoisotopic (exact) mass is 333 g/mol. The molecule has 0 bridgehead atoms. The Morgan fingerprint density at radius 2 is 2.00 bits per heavy atom. The first-order valence-corrected chi connectivity index (χ1v) is 7.65. The molecule has 0 saturated heterocycles. The van der Waals surface area contributed by atoms with Crippen LogP contribution in [0.15, 0.2) is 30.3 Å². The summed E-state index contributed by atoms with van der Waals surface area (Å²) in [5.41, 5.74) is 1.29. The lowest BCUT2D eigenvalue weighted by Gasteiger charge is -2.07. The van der Waals surface area contributed by atoms with Crippen molar-refractivity contribution in [3.8, 4) is 0 Å². The molecular formula is C15H12ClN3O2S. The van der Waals surface area contributed by atoms with Gasteiger partial charge in [0.15, 0.2) is 0 Å². The molecule has 0 fully saturated rings. The van der Waals surface area contributed by atoms with Crippen molar-refractivity contribution in [2.24, 2.45) is 0 Å². The Hall–Kier alpha value is -2.18. The number of aryl methyl sites for hydroxylation is 1. The van der Waals surface area contributed by atoms with Crippen molar-refractivity contribution in [2.45, 2.75) is 6.92 Å². The molecule has 0 radical (unpaired) electrons. The van der Waals surface area contributed by atoms with Crippen molar-refractivity contribution in [2.75, 3.05) is 12.4 Å². The molecule has 0 unspecified atom stereocenters. The van der Waals surface area contributed by atoms with Crippen LogP contribution in [0.25, 0.3) is 10.2 Å². The molecule has 112 valence electrons. The standard InChI is InChI=1S/C15H12ClN3O2S/c1-8-7-11-12(18-15(16)19-13(11)22-8)17-10-5-3-9(4-6-10)14(20)21-2/h3-7H,1-2H3,(H,17,18,19). The van der Waals surface area contributed by atoms with Crippen LogP contribution in [0.3, 0.4) is 0 Å². The summed E-state index contributed by atoms with van der Waals surface area (Å²) in [6, 6.07) is 8.96. The zero-order chi connectivity index (χ0) is 15.7. The fraction of sp³-hybridized carbons (Fsp3) is 0.133. The van der Waals surface area contributed by atoms with Crippen molar-refractivity contribution in [1.82, 2.24) is 9.97 Å². The molecule has 0 aliphatic rings. The molecule has 1 N–H and O–H groups in total. The van der Waals surface area contributed by atoms with Gasteiger partial charge in [0.25, 0.3) is 0 Å². The molecule has 2 heterocycles. The van der Waals surface area contributed by atoms with E-state index >= 15 is 0 Å². The molecule has 22 heavy (non-hydrogen) atoms. The SMILES string of the molecule is COC(=O)c1ccc(Nc2nc(Cl)nc3sc(C)cc23)cc1. The number of hydrogen-bond acceptors (Lipinski definition) is 6. The number of anilines is 2. The van der Waals surface area contributed by atoms with Gasteiger partial charge >= 0.3 is 5.97 Å². The van der Waals surface area contributed by atoms with Crippen LogP contribution in [0.1, 0.15) is 15.2 Å². The van der Waals surface area contributed by atoms with Gasteiger partial charge in [-0.1, -0.05) is 0 Å². The Balaban J connectivity index is 1.94. The highest BCUT2D eigenvalue weighted by Crippen LogP contribution is 2.31. The van der Waals surface area contributed by atoms with Crippen molar-refractivity contribution < 1.29 is 9.53 Å². The first kappa shape index (κ1) is 14.7. The molecule has 0 spiro atoms. The zero-order valence-electron chi connectivity index (χ0n) is 11.9. The number of carbonyl (C=O) groups is 1. The topological polar surface area (TPSA) is 64.1 Å². The van der Waals surface area contributed by atoms with Gasteiger partial charge in [-0.25, -0.2) is 9.78 Å². The van der Waals surface area contributed by atoms with E-state index in [0.29, 0.717) is 11.4 Å². The van der Waals surface area contributed by atoms with E-state index in [4.69, 9.17) is 11.6 Å². The first-order valence-electron chi connectivity index (χ1n) is 6.46. The van der Waals surface area contributed by atoms with Gasteiger partial charge in [-0.2, -0.15) is 4.98 Å². The Kier molecular flexibility index (Phi) is 3.96. The van der Waals surface area contributed by atoms with Gasteiger partial charge in [-0.15, -0.1) is 11.3 Å². The first-order chi connectivity index (χ1) is 10.6. The highest BCUT2D eigenvalue weighted by molar-refractivity contribution is 7.18. The second kappa shape index (κ2) is 5.90. The number of thiophene rings is 1. The van der Waals surface area contributed by atoms with E-state index in [2.05, 4.69) is 20.0 Å². The molecule has 0 atom stereocenters. The lowest BCUT2D eigenvalue weighted by Crippen LogP contribution is -2.01. The van der Waals surface area contributed by atoms with E-state index < -0.39 is 0 Å². The molecule has 3 rings (SSSR count). The molecular weight excluding hydrogens is 322 g/mol. The molecule has 0 amide bonds. The van der Waals surface area contributed by atoms with Crippen LogP contribution in [0.2, 0.25) is 5.28 Å². The number of ether oxygens (including phenoxy) is 1. The van der Waals surface area contributed by atoms with E-state index in [9.17, 15) is 4.79 Å². The summed E-state index contributed by atoms with van der Waals surface area (Å²) < 4.78 is 4.67. The predicted octanol–water partition coefficient (Wildman–Crippen LogP) is 4.18. The van der Waals surface area contributed by atoms with E-state index in [1.54, 1.807) is 35.6 Å². The van der Waals surface area contributed by atoms with Gasteiger partial charge in [0.05, 0.1) is 18.1 Å². The maximum absolute atomic E-state index is 11.4. The van der Waals surface area contributed by atoms with Crippen LogP contribution in [0.4, 0.5) is 11.5 Å². The molecule has 7 heteroatoms. The van der Waals surface area contributed by atoms with Crippen LogP contribution in [-0.4, -0.2) is 23.0 Å². The number of aromatic nitrogens is 2. The van der Waals surface area contributed by atoms with Crippen LogP contribution in [0.5, 0.6) is 0 Å². The van der Waals surface area contributed by atoms with Gasteiger partial charge in [0.2, 0.25) is 5.28 Å². The molecule has 0 aliphatic carbocycles. The Bertz CT molecular complexity index is 846. The predicted molar refractivity (Wildman–Crippen MR) is 88.2 cm³/mol. The lowest BCUT2D eigenvalue weighted by molar-refractivity contribution is 0.0601. The van der Waals surface area contributed by atoms with Crippen LogP contribution < -0.4 is 5.32 Å². The molecule has 0 saturated carbocycles. The number of hydrogen-bond donors (Lipinski definition) is 1. The van der Waals surface area contributed by atoms with E-state index in [-0.39, 0.29) is 11.3 Å². The van der Waals surface area contributed by atoms with E-state index in [1.165, 1.54) is 7.11 Å². The van der Waals surface area contributed by atoms with Crippen LogP contribution in [0, 0.1) is 6.92 Å². The summed E-state index contributed by atoms with van der Waals surface area (Å²) in [5, 5.41) is 4.32. The van der Waals surface area contributed by atoms with Gasteiger partial charge < -0.3 is 10.1 Å². The maximum Gasteiger partial charge on any atom is 0.337 e. The second-order valence-electron chi connectivity index (χ2n) is 4.61. The average molecular weight is 334 g/mol. The molecule has 2 aromatic heterocycles. The quantitative estimate of drug-likeness (QED) is 0.575. The number of nitrogens with zero attached hydrogens (tertiary/aromatic N) is 2. The van der Waals surface area contributed by atoms with Crippen LogP contribution in [-0.2, 0) is 4.74 Å². The largest absolute Gasteiger partial charge is 0.465 e. The van der Waals surface area contributed by atoms with Gasteiger partial charge in [0.1, 0.15) is 10.6 Å². The second-order valence-corrected chi connectivity index (χ2v) is 6.18.